The largest absolute Gasteiger partial charge is 0.472 e. The maximum atomic E-state index is 13.1. The molecule has 0 saturated carbocycles. The summed E-state index contributed by atoms with van der Waals surface area (Å²) in [5.41, 5.74) is 0. The molecule has 0 rings (SSSR count). The number of hydrogen-bond donors (Lipinski definition) is 3. The van der Waals surface area contributed by atoms with Crippen LogP contribution in [-0.2, 0) is 65.4 Å². The van der Waals surface area contributed by atoms with E-state index in [0.717, 1.165) is 89.9 Å². The predicted octanol–water partition coefficient (Wildman–Crippen LogP) is 24.6. The number of unbranched alkanes of at least 4 members (excludes halogenated alkanes) is 56. The molecule has 594 valence electrons. The third-order valence-corrected chi connectivity index (χ3v) is 21.0. The molecule has 3 N–H and O–H groups in total. The molecule has 0 amide bonds. The van der Waals surface area contributed by atoms with Crippen LogP contribution in [0.2, 0.25) is 0 Å². The summed E-state index contributed by atoms with van der Waals surface area (Å²) in [5, 5.41) is 10.6. The minimum absolute atomic E-state index is 0.109. The number of phosphoric acid groups is 2. The van der Waals surface area contributed by atoms with E-state index < -0.39 is 97.5 Å². The molecule has 0 bridgehead atoms. The molecule has 0 aromatic rings. The van der Waals surface area contributed by atoms with Crippen molar-refractivity contribution in [2.75, 3.05) is 39.6 Å². The summed E-state index contributed by atoms with van der Waals surface area (Å²) in [6.07, 6.45) is 68.0. The highest BCUT2D eigenvalue weighted by Crippen LogP contribution is 2.45. The van der Waals surface area contributed by atoms with Crippen molar-refractivity contribution in [3.05, 3.63) is 0 Å². The van der Waals surface area contributed by atoms with Crippen molar-refractivity contribution in [1.82, 2.24) is 0 Å². The predicted molar refractivity (Wildman–Crippen MR) is 409 cm³/mol. The molecule has 0 fully saturated rings. The summed E-state index contributed by atoms with van der Waals surface area (Å²) in [5.74, 6) is -2.10. The van der Waals surface area contributed by atoms with Gasteiger partial charge in [0.2, 0.25) is 0 Å². The zero-order chi connectivity index (χ0) is 73.2. The van der Waals surface area contributed by atoms with Crippen molar-refractivity contribution < 1.29 is 80.2 Å². The second-order valence-electron chi connectivity index (χ2n) is 29.2. The van der Waals surface area contributed by atoms with Gasteiger partial charge in [-0.05, 0) is 25.7 Å². The van der Waals surface area contributed by atoms with E-state index in [1.165, 1.54) is 270 Å². The maximum absolute atomic E-state index is 13.1. The lowest BCUT2D eigenvalue weighted by Gasteiger charge is -2.21. The third-order valence-electron chi connectivity index (χ3n) is 19.1. The standard InChI is InChI=1S/C81H158O17P2/c1-5-9-13-17-21-25-28-31-34-36-37-38-40-42-45-48-52-56-60-64-68-81(86)98-77(72-92-79(84)66-62-58-54-50-46-44-41-39-35-32-29-26-22-18-14-10-6-2)74-96-100(89,90)94-70-75(82)69-93-99(87,88)95-73-76(71-91-78(83)65-61-57-53-49-24-20-16-12-8-4)97-80(85)67-63-59-55-51-47-43-33-30-27-23-19-15-11-7-3/h75-77,82H,5-74H2,1-4H3,(H,87,88)(H,89,90)/t75-,76+,77+/m0/s1. The van der Waals surface area contributed by atoms with Crippen LogP contribution >= 0.6 is 15.6 Å². The van der Waals surface area contributed by atoms with Crippen LogP contribution in [0.3, 0.4) is 0 Å². The molecule has 0 aliphatic heterocycles. The van der Waals surface area contributed by atoms with Gasteiger partial charge in [0.15, 0.2) is 12.2 Å². The fourth-order valence-corrected chi connectivity index (χ4v) is 14.2. The van der Waals surface area contributed by atoms with Crippen molar-refractivity contribution in [3.8, 4) is 0 Å². The molecule has 0 aliphatic carbocycles. The summed E-state index contributed by atoms with van der Waals surface area (Å²) >= 11 is 0. The summed E-state index contributed by atoms with van der Waals surface area (Å²) in [6.45, 7) is 5.01. The third kappa shape index (κ3) is 74.3. The van der Waals surface area contributed by atoms with Gasteiger partial charge in [-0.1, -0.05) is 387 Å². The molecule has 0 radical (unpaired) electrons. The van der Waals surface area contributed by atoms with Crippen LogP contribution in [0.15, 0.2) is 0 Å². The second kappa shape index (κ2) is 75.3. The fourth-order valence-electron chi connectivity index (χ4n) is 12.6. The summed E-state index contributed by atoms with van der Waals surface area (Å²) in [6, 6.07) is 0. The van der Waals surface area contributed by atoms with E-state index in [2.05, 4.69) is 27.7 Å². The highest BCUT2D eigenvalue weighted by Gasteiger charge is 2.30. The van der Waals surface area contributed by atoms with Crippen molar-refractivity contribution >= 4 is 39.5 Å². The summed E-state index contributed by atoms with van der Waals surface area (Å²) in [4.78, 5) is 73.0. The van der Waals surface area contributed by atoms with Crippen LogP contribution in [0, 0.1) is 0 Å². The number of rotatable bonds is 82. The van der Waals surface area contributed by atoms with Gasteiger partial charge in [-0.2, -0.15) is 0 Å². The molecule has 0 saturated heterocycles. The lowest BCUT2D eigenvalue weighted by atomic mass is 10.0. The SMILES string of the molecule is CCCCCCCCCCCCCCCCCCCCCCC(=O)O[C@H](COC(=O)CCCCCCCCCCCCCCCCCCC)COP(=O)(O)OC[C@@H](O)COP(=O)(O)OC[C@@H](COC(=O)CCCCCCCCCCC)OC(=O)CCCCCCCCCCCCCCCC. The molecule has 0 aliphatic rings. The topological polar surface area (TPSA) is 237 Å². The normalized spacial score (nSPS) is 13.8. The number of esters is 4. The van der Waals surface area contributed by atoms with Crippen molar-refractivity contribution in [2.24, 2.45) is 0 Å². The Morgan fingerprint density at radius 2 is 0.400 bits per heavy atom. The quantitative estimate of drug-likeness (QED) is 0.0222. The molecular formula is C81H158O17P2. The van der Waals surface area contributed by atoms with Gasteiger partial charge in [-0.25, -0.2) is 9.13 Å². The Bertz CT molecular complexity index is 1890. The van der Waals surface area contributed by atoms with Crippen LogP contribution in [0.1, 0.15) is 439 Å². The number of carbonyl (C=O) groups excluding carboxylic acids is 4. The molecule has 0 aromatic carbocycles. The van der Waals surface area contributed by atoms with Gasteiger partial charge in [0.25, 0.3) is 0 Å². The number of aliphatic hydroxyl groups is 1. The van der Waals surface area contributed by atoms with E-state index in [0.29, 0.717) is 25.7 Å². The zero-order valence-electron chi connectivity index (χ0n) is 65.2. The zero-order valence-corrected chi connectivity index (χ0v) is 67.0. The molecule has 100 heavy (non-hydrogen) atoms. The number of aliphatic hydroxyl groups excluding tert-OH is 1. The van der Waals surface area contributed by atoms with Gasteiger partial charge in [-0.15, -0.1) is 0 Å². The Balaban J connectivity index is 5.21. The highest BCUT2D eigenvalue weighted by atomic mass is 31.2. The van der Waals surface area contributed by atoms with E-state index in [9.17, 15) is 43.2 Å². The van der Waals surface area contributed by atoms with Crippen molar-refractivity contribution in [2.45, 2.75) is 457 Å². The van der Waals surface area contributed by atoms with Crippen LogP contribution in [0.25, 0.3) is 0 Å². The first-order chi connectivity index (χ1) is 48.7. The van der Waals surface area contributed by atoms with Gasteiger partial charge in [0, 0.05) is 25.7 Å². The fraction of sp³-hybridized carbons (Fsp3) is 0.951. The van der Waals surface area contributed by atoms with Crippen LogP contribution in [0.4, 0.5) is 0 Å². The van der Waals surface area contributed by atoms with Crippen molar-refractivity contribution in [3.63, 3.8) is 0 Å². The molecule has 5 atom stereocenters. The molecule has 0 aromatic heterocycles. The first kappa shape index (κ1) is 98.1. The van der Waals surface area contributed by atoms with Gasteiger partial charge < -0.3 is 33.8 Å². The van der Waals surface area contributed by atoms with E-state index in [-0.39, 0.29) is 25.7 Å². The number of ether oxygens (including phenoxy) is 4. The Labute approximate surface area is 613 Å². The van der Waals surface area contributed by atoms with Crippen LogP contribution in [0.5, 0.6) is 0 Å². The van der Waals surface area contributed by atoms with Crippen LogP contribution < -0.4 is 0 Å². The maximum Gasteiger partial charge on any atom is 0.472 e. The van der Waals surface area contributed by atoms with E-state index in [4.69, 9.17) is 37.0 Å². The average Bonchev–Trinajstić information content (AvgIpc) is 0.978. The second-order valence-corrected chi connectivity index (χ2v) is 32.1. The van der Waals surface area contributed by atoms with E-state index >= 15 is 0 Å². The van der Waals surface area contributed by atoms with Gasteiger partial charge >= 0.3 is 39.5 Å². The molecule has 17 nitrogen and oxygen atoms in total. The monoisotopic (exact) mass is 1470 g/mol. The van der Waals surface area contributed by atoms with Gasteiger partial charge in [0.1, 0.15) is 19.3 Å². The summed E-state index contributed by atoms with van der Waals surface area (Å²) < 4.78 is 68.7. The minimum Gasteiger partial charge on any atom is -0.462 e. The lowest BCUT2D eigenvalue weighted by Crippen LogP contribution is -2.30. The Hall–Kier alpha value is -1.94. The Kier molecular flexibility index (Phi) is 73.8. The first-order valence-corrected chi connectivity index (χ1v) is 45.3. The van der Waals surface area contributed by atoms with Gasteiger partial charge in [-0.3, -0.25) is 37.3 Å². The minimum atomic E-state index is -4.96. The molecular weight excluding hydrogens is 1310 g/mol. The Morgan fingerprint density at radius 3 is 0.590 bits per heavy atom. The number of hydrogen-bond acceptors (Lipinski definition) is 15. The highest BCUT2D eigenvalue weighted by molar-refractivity contribution is 7.47. The molecule has 19 heteroatoms. The lowest BCUT2D eigenvalue weighted by molar-refractivity contribution is -0.161. The molecule has 0 heterocycles. The average molecular weight is 1470 g/mol. The number of carbonyl (C=O) groups is 4. The van der Waals surface area contributed by atoms with E-state index in [1.54, 1.807) is 0 Å². The smallest absolute Gasteiger partial charge is 0.462 e. The first-order valence-electron chi connectivity index (χ1n) is 42.3. The Morgan fingerprint density at radius 1 is 0.240 bits per heavy atom. The summed E-state index contributed by atoms with van der Waals surface area (Å²) in [7, 11) is -9.91. The van der Waals surface area contributed by atoms with Crippen molar-refractivity contribution in [1.29, 1.82) is 0 Å². The van der Waals surface area contributed by atoms with Crippen LogP contribution in [-0.4, -0.2) is 96.7 Å². The molecule has 2 unspecified atom stereocenters. The van der Waals surface area contributed by atoms with E-state index in [1.807, 2.05) is 0 Å². The number of phosphoric ester groups is 2. The molecule has 0 spiro atoms. The van der Waals surface area contributed by atoms with Gasteiger partial charge in [0.05, 0.1) is 26.4 Å².